The highest BCUT2D eigenvalue weighted by atomic mass is 19.1. The average Bonchev–Trinajstić information content (AvgIpc) is 2.68. The second-order valence-electron chi connectivity index (χ2n) is 6.55. The molecule has 2 aliphatic rings. The largest absolute Gasteiger partial charge is 0.381 e. The molecule has 0 saturated carbocycles. The molecule has 2 heterocycles. The monoisotopic (exact) mass is 361 g/mol. The molecule has 0 radical (unpaired) electrons. The van der Waals surface area contributed by atoms with Crippen molar-refractivity contribution in [1.82, 2.24) is 4.90 Å². The minimum atomic E-state index is -0.506. The van der Waals surface area contributed by atoms with E-state index in [9.17, 15) is 14.4 Å². The number of anilines is 1. The predicted octanol–water partition coefficient (Wildman–Crippen LogP) is 1.93. The number of benzene rings is 1. The van der Waals surface area contributed by atoms with Crippen molar-refractivity contribution in [2.45, 2.75) is 25.4 Å². The molecule has 0 bridgehead atoms. The Hall–Kier alpha value is -2.17. The number of carbonyl (C=O) groups excluding carboxylic acids is 1. The van der Waals surface area contributed by atoms with Crippen molar-refractivity contribution in [3.05, 3.63) is 29.6 Å². The fourth-order valence-electron chi connectivity index (χ4n) is 3.40. The van der Waals surface area contributed by atoms with Crippen LogP contribution >= 0.6 is 0 Å². The lowest BCUT2D eigenvalue weighted by molar-refractivity contribution is -0.133. The maximum absolute atomic E-state index is 13.8. The molecule has 0 aliphatic carbocycles. The summed E-state index contributed by atoms with van der Waals surface area (Å²) in [5, 5.41) is 9.17. The van der Waals surface area contributed by atoms with Gasteiger partial charge in [0.15, 0.2) is 0 Å². The van der Waals surface area contributed by atoms with E-state index in [1.807, 2.05) is 15.9 Å². The fraction of sp³-hybridized carbons (Fsp3) is 0.579. The number of hydrogen-bond donors (Lipinski definition) is 0. The second kappa shape index (κ2) is 8.97. The van der Waals surface area contributed by atoms with Crippen LogP contribution in [0.2, 0.25) is 0 Å². The summed E-state index contributed by atoms with van der Waals surface area (Å²) in [6.45, 7) is 4.20. The maximum atomic E-state index is 13.8. The maximum Gasteiger partial charge on any atom is 0.225 e. The van der Waals surface area contributed by atoms with Gasteiger partial charge in [-0.1, -0.05) is 6.07 Å². The first kappa shape index (κ1) is 18.6. The Bertz CT molecular complexity index is 662. The summed E-state index contributed by atoms with van der Waals surface area (Å²) in [5.74, 6) is -0.426. The Morgan fingerprint density at radius 1 is 1.27 bits per heavy atom. The van der Waals surface area contributed by atoms with Crippen LogP contribution in [-0.4, -0.2) is 62.9 Å². The van der Waals surface area contributed by atoms with Crippen molar-refractivity contribution in [1.29, 1.82) is 5.26 Å². The van der Waals surface area contributed by atoms with E-state index in [2.05, 4.69) is 0 Å². The Balaban J connectivity index is 1.45. The molecule has 0 aromatic heterocycles. The molecule has 0 atom stereocenters. The third kappa shape index (κ3) is 4.51. The van der Waals surface area contributed by atoms with E-state index in [1.54, 1.807) is 12.1 Å². The summed E-state index contributed by atoms with van der Waals surface area (Å²) >= 11 is 0. The number of carbonyl (C=O) groups is 1. The molecule has 26 heavy (non-hydrogen) atoms. The number of halogens is 1. The second-order valence-corrected chi connectivity index (χ2v) is 6.55. The van der Waals surface area contributed by atoms with E-state index in [-0.39, 0.29) is 17.6 Å². The number of hydrogen-bond acceptors (Lipinski definition) is 5. The smallest absolute Gasteiger partial charge is 0.225 e. The van der Waals surface area contributed by atoms with Crippen LogP contribution in [0.25, 0.3) is 0 Å². The van der Waals surface area contributed by atoms with E-state index in [0.717, 1.165) is 26.1 Å². The van der Waals surface area contributed by atoms with Crippen LogP contribution in [0.3, 0.4) is 0 Å². The third-order valence-electron chi connectivity index (χ3n) is 4.91. The molecule has 7 heteroatoms. The van der Waals surface area contributed by atoms with E-state index < -0.39 is 5.82 Å². The molecule has 2 saturated heterocycles. The van der Waals surface area contributed by atoms with Crippen LogP contribution in [0.15, 0.2) is 18.2 Å². The molecule has 2 aliphatic heterocycles. The van der Waals surface area contributed by atoms with Crippen LogP contribution < -0.4 is 4.90 Å². The molecule has 0 N–H and O–H groups in total. The molecule has 0 spiro atoms. The number of nitrogens with zero attached hydrogens (tertiary/aromatic N) is 3. The highest BCUT2D eigenvalue weighted by molar-refractivity contribution is 5.76. The Morgan fingerprint density at radius 2 is 2.00 bits per heavy atom. The van der Waals surface area contributed by atoms with E-state index in [1.165, 1.54) is 6.07 Å². The summed E-state index contributed by atoms with van der Waals surface area (Å²) in [6, 6.07) is 6.58. The van der Waals surface area contributed by atoms with Gasteiger partial charge in [0, 0.05) is 39.4 Å². The average molecular weight is 361 g/mol. The lowest BCUT2D eigenvalue weighted by Crippen LogP contribution is -2.49. The van der Waals surface area contributed by atoms with Gasteiger partial charge in [0.1, 0.15) is 17.4 Å². The van der Waals surface area contributed by atoms with Gasteiger partial charge in [0.25, 0.3) is 0 Å². The highest BCUT2D eigenvalue weighted by Gasteiger charge is 2.24. The van der Waals surface area contributed by atoms with Gasteiger partial charge in [0.05, 0.1) is 24.8 Å². The zero-order valence-electron chi connectivity index (χ0n) is 14.8. The Morgan fingerprint density at radius 3 is 2.69 bits per heavy atom. The van der Waals surface area contributed by atoms with Gasteiger partial charge in [0.2, 0.25) is 5.91 Å². The number of amides is 1. The van der Waals surface area contributed by atoms with Crippen LogP contribution in [0, 0.1) is 17.1 Å². The van der Waals surface area contributed by atoms with Gasteiger partial charge < -0.3 is 19.3 Å². The van der Waals surface area contributed by atoms with Crippen LogP contribution in [-0.2, 0) is 14.3 Å². The summed E-state index contributed by atoms with van der Waals surface area (Å²) in [7, 11) is 0. The Kier molecular flexibility index (Phi) is 6.42. The van der Waals surface area contributed by atoms with Gasteiger partial charge in [-0.3, -0.25) is 4.79 Å². The van der Waals surface area contributed by atoms with Crippen LogP contribution in [0.1, 0.15) is 24.8 Å². The molecule has 3 rings (SSSR count). The summed E-state index contributed by atoms with van der Waals surface area (Å²) in [5.41, 5.74) is 0.666. The molecule has 1 aromatic carbocycles. The number of nitriles is 1. The fourth-order valence-corrected chi connectivity index (χ4v) is 3.40. The van der Waals surface area contributed by atoms with Gasteiger partial charge in [-0.15, -0.1) is 0 Å². The highest BCUT2D eigenvalue weighted by Crippen LogP contribution is 2.23. The minimum absolute atomic E-state index is 0.0668. The van der Waals surface area contributed by atoms with Crippen molar-refractivity contribution < 1.29 is 18.7 Å². The molecular weight excluding hydrogens is 337 g/mol. The number of rotatable bonds is 5. The molecule has 2 fully saturated rings. The van der Waals surface area contributed by atoms with Gasteiger partial charge in [-0.05, 0) is 25.0 Å². The molecule has 1 amide bonds. The van der Waals surface area contributed by atoms with Crippen LogP contribution in [0.5, 0.6) is 0 Å². The standard InChI is InChI=1S/C19H24FN3O3/c20-17-2-1-3-18(16(17)14-21)22-7-9-23(10-8-22)19(24)6-13-26-15-4-11-25-12-5-15/h1-3,15H,4-13H2. The summed E-state index contributed by atoms with van der Waals surface area (Å²) < 4.78 is 24.8. The van der Waals surface area contributed by atoms with Crippen molar-refractivity contribution in [2.75, 3.05) is 50.9 Å². The summed E-state index contributed by atoms with van der Waals surface area (Å²) in [4.78, 5) is 16.1. The normalized spacial score (nSPS) is 18.6. The third-order valence-corrected chi connectivity index (χ3v) is 4.91. The first-order chi connectivity index (χ1) is 12.7. The number of ether oxygens (including phenoxy) is 2. The first-order valence-corrected chi connectivity index (χ1v) is 9.09. The van der Waals surface area contributed by atoms with Gasteiger partial charge >= 0.3 is 0 Å². The molecule has 6 nitrogen and oxygen atoms in total. The first-order valence-electron chi connectivity index (χ1n) is 9.09. The van der Waals surface area contributed by atoms with E-state index in [0.29, 0.717) is 44.9 Å². The molecule has 0 unspecified atom stereocenters. The molecular formula is C19H24FN3O3. The van der Waals surface area contributed by atoms with Gasteiger partial charge in [-0.2, -0.15) is 5.26 Å². The summed E-state index contributed by atoms with van der Waals surface area (Å²) in [6.07, 6.45) is 2.36. The predicted molar refractivity (Wildman–Crippen MR) is 94.3 cm³/mol. The zero-order valence-corrected chi connectivity index (χ0v) is 14.8. The zero-order chi connectivity index (χ0) is 18.4. The Labute approximate surface area is 153 Å². The quantitative estimate of drug-likeness (QED) is 0.802. The van der Waals surface area contributed by atoms with E-state index >= 15 is 0 Å². The van der Waals surface area contributed by atoms with E-state index in [4.69, 9.17) is 9.47 Å². The van der Waals surface area contributed by atoms with Crippen LogP contribution in [0.4, 0.5) is 10.1 Å². The van der Waals surface area contributed by atoms with Gasteiger partial charge in [-0.25, -0.2) is 4.39 Å². The molecule has 140 valence electrons. The number of piperazine rings is 1. The SMILES string of the molecule is N#Cc1c(F)cccc1N1CCN(C(=O)CCOC2CCOCC2)CC1. The van der Waals surface area contributed by atoms with Crippen molar-refractivity contribution >= 4 is 11.6 Å². The lowest BCUT2D eigenvalue weighted by atomic mass is 10.1. The van der Waals surface area contributed by atoms with Crippen molar-refractivity contribution in [3.8, 4) is 6.07 Å². The topological polar surface area (TPSA) is 65.8 Å². The van der Waals surface area contributed by atoms with Crippen molar-refractivity contribution in [2.24, 2.45) is 0 Å². The lowest BCUT2D eigenvalue weighted by Gasteiger charge is -2.36. The van der Waals surface area contributed by atoms with Crippen molar-refractivity contribution in [3.63, 3.8) is 0 Å². The minimum Gasteiger partial charge on any atom is -0.381 e. The molecule has 1 aromatic rings.